The Morgan fingerprint density at radius 1 is 1.14 bits per heavy atom. The number of piperazine rings is 1. The lowest BCUT2D eigenvalue weighted by atomic mass is 9.69. The Balaban J connectivity index is 1.96. The van der Waals surface area contributed by atoms with Crippen LogP contribution < -0.4 is 5.32 Å². The van der Waals surface area contributed by atoms with Gasteiger partial charge >= 0.3 is 5.97 Å². The molecule has 120 valence electrons. The zero-order chi connectivity index (χ0) is 15.6. The SMILES string of the molecule is CC(C)(C)C1CCC(C(=O)N2CCNCC2C(=O)O)CC1. The van der Waals surface area contributed by atoms with Crippen LogP contribution in [0.15, 0.2) is 0 Å². The molecular weight excluding hydrogens is 268 g/mol. The van der Waals surface area contributed by atoms with Gasteiger partial charge in [0.15, 0.2) is 0 Å². The van der Waals surface area contributed by atoms with E-state index in [1.54, 1.807) is 4.90 Å². The van der Waals surface area contributed by atoms with Crippen molar-refractivity contribution in [3.05, 3.63) is 0 Å². The Labute approximate surface area is 127 Å². The van der Waals surface area contributed by atoms with Crippen LogP contribution in [0.4, 0.5) is 0 Å². The van der Waals surface area contributed by atoms with Gasteiger partial charge in [0.2, 0.25) is 5.91 Å². The zero-order valence-corrected chi connectivity index (χ0v) is 13.4. The monoisotopic (exact) mass is 296 g/mol. The highest BCUT2D eigenvalue weighted by molar-refractivity contribution is 5.85. The fourth-order valence-electron chi connectivity index (χ4n) is 3.63. The number of nitrogens with one attached hydrogen (secondary N) is 1. The quantitative estimate of drug-likeness (QED) is 0.814. The van der Waals surface area contributed by atoms with Crippen molar-refractivity contribution in [2.24, 2.45) is 17.3 Å². The van der Waals surface area contributed by atoms with Crippen LogP contribution in [0, 0.1) is 17.3 Å². The van der Waals surface area contributed by atoms with Gasteiger partial charge in [0, 0.05) is 25.6 Å². The van der Waals surface area contributed by atoms with Crippen molar-refractivity contribution in [1.82, 2.24) is 10.2 Å². The molecule has 1 aliphatic heterocycles. The van der Waals surface area contributed by atoms with Crippen molar-refractivity contribution in [3.63, 3.8) is 0 Å². The van der Waals surface area contributed by atoms with Crippen LogP contribution in [0.3, 0.4) is 0 Å². The van der Waals surface area contributed by atoms with E-state index >= 15 is 0 Å². The van der Waals surface area contributed by atoms with Crippen molar-refractivity contribution in [1.29, 1.82) is 0 Å². The van der Waals surface area contributed by atoms with Crippen molar-refractivity contribution < 1.29 is 14.7 Å². The van der Waals surface area contributed by atoms with E-state index < -0.39 is 12.0 Å². The van der Waals surface area contributed by atoms with E-state index in [0.717, 1.165) is 25.7 Å². The van der Waals surface area contributed by atoms with Crippen molar-refractivity contribution in [2.75, 3.05) is 19.6 Å². The molecule has 2 fully saturated rings. The lowest BCUT2D eigenvalue weighted by Gasteiger charge is -2.40. The summed E-state index contributed by atoms with van der Waals surface area (Å²) in [5.74, 6) is -0.168. The third-order valence-electron chi connectivity index (χ3n) is 5.11. The number of carbonyl (C=O) groups excluding carboxylic acids is 1. The fraction of sp³-hybridized carbons (Fsp3) is 0.875. The molecule has 1 amide bonds. The molecule has 0 spiro atoms. The second-order valence-electron chi connectivity index (χ2n) is 7.50. The molecule has 0 radical (unpaired) electrons. The third kappa shape index (κ3) is 3.76. The summed E-state index contributed by atoms with van der Waals surface area (Å²) in [6, 6.07) is -0.702. The molecule has 5 heteroatoms. The first-order valence-corrected chi connectivity index (χ1v) is 8.04. The van der Waals surface area contributed by atoms with Crippen LogP contribution in [0.2, 0.25) is 0 Å². The minimum Gasteiger partial charge on any atom is -0.480 e. The van der Waals surface area contributed by atoms with Crippen molar-refractivity contribution in [2.45, 2.75) is 52.5 Å². The maximum Gasteiger partial charge on any atom is 0.327 e. The van der Waals surface area contributed by atoms with Gasteiger partial charge in [0.05, 0.1) is 0 Å². The third-order valence-corrected chi connectivity index (χ3v) is 5.11. The number of amides is 1. The molecule has 5 nitrogen and oxygen atoms in total. The Hall–Kier alpha value is -1.10. The standard InChI is InChI=1S/C16H28N2O3/c1-16(2,3)12-6-4-11(5-7-12)14(19)18-9-8-17-10-13(18)15(20)21/h11-13,17H,4-10H2,1-3H3,(H,20,21). The highest BCUT2D eigenvalue weighted by Gasteiger charge is 2.38. The predicted molar refractivity (Wildman–Crippen MR) is 80.9 cm³/mol. The molecule has 1 unspecified atom stereocenters. The highest BCUT2D eigenvalue weighted by Crippen LogP contribution is 2.40. The number of carboxylic acids is 1. The summed E-state index contributed by atoms with van der Waals surface area (Å²) in [6.07, 6.45) is 3.95. The first-order valence-electron chi connectivity index (χ1n) is 8.04. The normalized spacial score (nSPS) is 31.0. The second kappa shape index (κ2) is 6.34. The van der Waals surface area contributed by atoms with Gasteiger partial charge in [-0.3, -0.25) is 4.79 Å². The number of hydrogen-bond donors (Lipinski definition) is 2. The summed E-state index contributed by atoms with van der Waals surface area (Å²) >= 11 is 0. The molecule has 1 atom stereocenters. The summed E-state index contributed by atoms with van der Waals surface area (Å²) in [6.45, 7) is 8.34. The van der Waals surface area contributed by atoms with Crippen LogP contribution >= 0.6 is 0 Å². The molecule has 1 saturated heterocycles. The fourth-order valence-corrected chi connectivity index (χ4v) is 3.63. The number of aliphatic carboxylic acids is 1. The van der Waals surface area contributed by atoms with Gasteiger partial charge < -0.3 is 15.3 Å². The smallest absolute Gasteiger partial charge is 0.327 e. The second-order valence-corrected chi connectivity index (χ2v) is 7.50. The summed E-state index contributed by atoms with van der Waals surface area (Å²) in [7, 11) is 0. The topological polar surface area (TPSA) is 69.6 Å². The Bertz CT molecular complexity index is 395. The van der Waals surface area contributed by atoms with E-state index in [1.165, 1.54) is 0 Å². The summed E-state index contributed by atoms with van der Waals surface area (Å²) in [5, 5.41) is 12.3. The number of carbonyl (C=O) groups is 2. The molecule has 0 aromatic carbocycles. The number of hydrogen-bond acceptors (Lipinski definition) is 3. The van der Waals surface area contributed by atoms with E-state index in [-0.39, 0.29) is 11.8 Å². The van der Waals surface area contributed by atoms with Gasteiger partial charge in [-0.05, 0) is 37.0 Å². The van der Waals surface area contributed by atoms with E-state index in [0.29, 0.717) is 31.0 Å². The molecule has 1 heterocycles. The summed E-state index contributed by atoms with van der Waals surface area (Å²) < 4.78 is 0. The van der Waals surface area contributed by atoms with Gasteiger partial charge in [-0.2, -0.15) is 0 Å². The van der Waals surface area contributed by atoms with Crippen LogP contribution in [-0.2, 0) is 9.59 Å². The molecule has 1 saturated carbocycles. The minimum atomic E-state index is -0.904. The van der Waals surface area contributed by atoms with E-state index in [2.05, 4.69) is 26.1 Å². The minimum absolute atomic E-state index is 0.0172. The molecule has 0 aromatic rings. The zero-order valence-electron chi connectivity index (χ0n) is 13.4. The Kier molecular flexibility index (Phi) is 4.91. The average Bonchev–Trinajstić information content (AvgIpc) is 2.45. The maximum atomic E-state index is 12.7. The molecule has 1 aliphatic carbocycles. The first kappa shape index (κ1) is 16.3. The largest absolute Gasteiger partial charge is 0.480 e. The van der Waals surface area contributed by atoms with Crippen LogP contribution in [0.1, 0.15) is 46.5 Å². The molecule has 0 aromatic heterocycles. The molecule has 2 rings (SSSR count). The number of nitrogens with zero attached hydrogens (tertiary/aromatic N) is 1. The number of carboxylic acid groups (broad SMARTS) is 1. The summed E-state index contributed by atoms with van der Waals surface area (Å²) in [5.41, 5.74) is 0.298. The van der Waals surface area contributed by atoms with Gasteiger partial charge in [0.25, 0.3) is 0 Å². The average molecular weight is 296 g/mol. The van der Waals surface area contributed by atoms with Gasteiger partial charge in [-0.25, -0.2) is 4.79 Å². The lowest BCUT2D eigenvalue weighted by molar-refractivity contribution is -0.153. The number of rotatable bonds is 2. The molecule has 21 heavy (non-hydrogen) atoms. The van der Waals surface area contributed by atoms with Gasteiger partial charge in [0.1, 0.15) is 6.04 Å². The Morgan fingerprint density at radius 3 is 2.29 bits per heavy atom. The van der Waals surface area contributed by atoms with Gasteiger partial charge in [-0.1, -0.05) is 20.8 Å². The molecule has 2 aliphatic rings. The maximum absolute atomic E-state index is 12.7. The first-order chi connectivity index (χ1) is 9.80. The predicted octanol–water partition coefficient (Wildman–Crippen LogP) is 1.72. The molecule has 2 N–H and O–H groups in total. The van der Waals surface area contributed by atoms with Crippen molar-refractivity contribution >= 4 is 11.9 Å². The van der Waals surface area contributed by atoms with E-state index in [1.807, 2.05) is 0 Å². The lowest BCUT2D eigenvalue weighted by Crippen LogP contribution is -2.58. The molecular formula is C16H28N2O3. The van der Waals surface area contributed by atoms with Crippen LogP contribution in [-0.4, -0.2) is 47.6 Å². The van der Waals surface area contributed by atoms with E-state index in [9.17, 15) is 14.7 Å². The van der Waals surface area contributed by atoms with E-state index in [4.69, 9.17) is 0 Å². The van der Waals surface area contributed by atoms with Crippen LogP contribution in [0.25, 0.3) is 0 Å². The van der Waals surface area contributed by atoms with Crippen LogP contribution in [0.5, 0.6) is 0 Å². The summed E-state index contributed by atoms with van der Waals surface area (Å²) in [4.78, 5) is 25.5. The highest BCUT2D eigenvalue weighted by atomic mass is 16.4. The van der Waals surface area contributed by atoms with Crippen molar-refractivity contribution in [3.8, 4) is 0 Å². The van der Waals surface area contributed by atoms with Gasteiger partial charge in [-0.15, -0.1) is 0 Å². The Morgan fingerprint density at radius 2 is 1.76 bits per heavy atom. The molecule has 0 bridgehead atoms.